The summed E-state index contributed by atoms with van der Waals surface area (Å²) in [7, 11) is 1.59. The topological polar surface area (TPSA) is 30.7 Å². The zero-order valence-electron chi connectivity index (χ0n) is 11.5. The first-order chi connectivity index (χ1) is 10.5. The Kier molecular flexibility index (Phi) is 2.49. The van der Waals surface area contributed by atoms with E-state index in [1.165, 1.54) is 10.6 Å². The van der Waals surface area contributed by atoms with Gasteiger partial charge in [-0.15, -0.1) is 0 Å². The van der Waals surface area contributed by atoms with Gasteiger partial charge in [-0.05, 0) is 18.2 Å². The first-order valence-electron chi connectivity index (χ1n) is 6.68. The third kappa shape index (κ3) is 1.70. The number of aromatic nitrogens is 3. The number of halogens is 3. The molecule has 2 heterocycles. The molecule has 0 amide bonds. The molecule has 22 heavy (non-hydrogen) atoms. The number of benzene rings is 2. The van der Waals surface area contributed by atoms with Gasteiger partial charge in [0.15, 0.2) is 5.65 Å². The van der Waals surface area contributed by atoms with Crippen LogP contribution in [0.4, 0.5) is 13.2 Å². The van der Waals surface area contributed by atoms with Gasteiger partial charge in [0.2, 0.25) is 0 Å². The van der Waals surface area contributed by atoms with Gasteiger partial charge in [-0.25, -0.2) is 9.97 Å². The highest BCUT2D eigenvalue weighted by atomic mass is 19.4. The summed E-state index contributed by atoms with van der Waals surface area (Å²) in [5.41, 5.74) is 1.71. The Morgan fingerprint density at radius 2 is 1.59 bits per heavy atom. The largest absolute Gasteiger partial charge is 0.418 e. The summed E-state index contributed by atoms with van der Waals surface area (Å²) >= 11 is 0. The normalized spacial score (nSPS) is 12.5. The highest BCUT2D eigenvalue weighted by Gasteiger charge is 2.34. The molecule has 2 aromatic heterocycles. The molecule has 3 nitrogen and oxygen atoms in total. The van der Waals surface area contributed by atoms with Crippen molar-refractivity contribution in [1.82, 2.24) is 14.5 Å². The third-order valence-electron chi connectivity index (χ3n) is 3.80. The molecule has 4 rings (SSSR count). The van der Waals surface area contributed by atoms with Crippen LogP contribution < -0.4 is 0 Å². The molecule has 0 saturated heterocycles. The van der Waals surface area contributed by atoms with Crippen molar-refractivity contribution < 1.29 is 13.2 Å². The Labute approximate surface area is 123 Å². The fraction of sp³-hybridized carbons (Fsp3) is 0.125. The molecule has 6 heteroatoms. The smallest absolute Gasteiger partial charge is 0.326 e. The van der Waals surface area contributed by atoms with Crippen molar-refractivity contribution in [2.75, 3.05) is 0 Å². The summed E-state index contributed by atoms with van der Waals surface area (Å²) in [6, 6.07) is 11.4. The molecule has 0 aliphatic heterocycles. The Balaban J connectivity index is 2.24. The first kappa shape index (κ1) is 13.1. The fourth-order valence-electron chi connectivity index (χ4n) is 2.84. The minimum atomic E-state index is -4.42. The highest BCUT2D eigenvalue weighted by molar-refractivity contribution is 6.07. The summed E-state index contributed by atoms with van der Waals surface area (Å²) in [5, 5.41) is 0.463. The van der Waals surface area contributed by atoms with Crippen LogP contribution in [0.3, 0.4) is 0 Å². The number of aryl methyl sites for hydroxylation is 1. The predicted molar refractivity (Wildman–Crippen MR) is 78.5 cm³/mol. The van der Waals surface area contributed by atoms with E-state index < -0.39 is 11.7 Å². The number of nitrogens with zero attached hydrogens (tertiary/aromatic N) is 3. The molecule has 0 radical (unpaired) electrons. The maximum atomic E-state index is 13.3. The number of alkyl halides is 3. The standard InChI is InChI=1S/C16H10F3N3/c1-22-14-9(5-4-6-10(14)16(17,18)19)13-15(22)21-12-8-3-2-7-11(12)20-13/h2-8H,1H3. The van der Waals surface area contributed by atoms with Crippen LogP contribution in [0.15, 0.2) is 42.5 Å². The molecule has 0 aliphatic carbocycles. The van der Waals surface area contributed by atoms with Crippen molar-refractivity contribution in [3.63, 3.8) is 0 Å². The van der Waals surface area contributed by atoms with Gasteiger partial charge >= 0.3 is 6.18 Å². The summed E-state index contributed by atoms with van der Waals surface area (Å²) in [6.45, 7) is 0. The lowest BCUT2D eigenvalue weighted by Gasteiger charge is -2.09. The Hall–Kier alpha value is -2.63. The molecular formula is C16H10F3N3. The van der Waals surface area contributed by atoms with Crippen LogP contribution in [0, 0.1) is 0 Å². The molecule has 4 aromatic rings. The van der Waals surface area contributed by atoms with Crippen LogP contribution in [0.1, 0.15) is 5.56 Å². The first-order valence-corrected chi connectivity index (χ1v) is 6.68. The number of hydrogen-bond acceptors (Lipinski definition) is 2. The van der Waals surface area contributed by atoms with E-state index in [9.17, 15) is 13.2 Å². The Morgan fingerprint density at radius 3 is 2.27 bits per heavy atom. The van der Waals surface area contributed by atoms with Crippen molar-refractivity contribution in [2.45, 2.75) is 6.18 Å². The SMILES string of the molecule is Cn1c2nc3ccccc3nc2c2cccc(C(F)(F)F)c21. The molecule has 0 atom stereocenters. The van der Waals surface area contributed by atoms with Gasteiger partial charge in [0.1, 0.15) is 5.52 Å². The Bertz CT molecular complexity index is 1030. The lowest BCUT2D eigenvalue weighted by molar-refractivity contribution is -0.136. The van der Waals surface area contributed by atoms with Gasteiger partial charge in [0.25, 0.3) is 0 Å². The van der Waals surface area contributed by atoms with E-state index >= 15 is 0 Å². The summed E-state index contributed by atoms with van der Waals surface area (Å²) in [4.78, 5) is 8.97. The number of hydrogen-bond donors (Lipinski definition) is 0. The quantitative estimate of drug-likeness (QED) is 0.485. The maximum absolute atomic E-state index is 13.3. The highest BCUT2D eigenvalue weighted by Crippen LogP contribution is 2.37. The summed E-state index contributed by atoms with van der Waals surface area (Å²) in [6.07, 6.45) is -4.42. The molecule has 0 spiro atoms. The summed E-state index contributed by atoms with van der Waals surface area (Å²) in [5.74, 6) is 0. The van der Waals surface area contributed by atoms with Gasteiger partial charge in [-0.1, -0.05) is 24.3 Å². The molecule has 2 aromatic carbocycles. The second-order valence-corrected chi connectivity index (χ2v) is 5.14. The van der Waals surface area contributed by atoms with Gasteiger partial charge in [0, 0.05) is 12.4 Å². The second kappa shape index (κ2) is 4.19. The van der Waals surface area contributed by atoms with E-state index in [1.807, 2.05) is 12.1 Å². The maximum Gasteiger partial charge on any atom is 0.418 e. The van der Waals surface area contributed by atoms with Gasteiger partial charge in [0.05, 0.1) is 22.1 Å². The number of fused-ring (bicyclic) bond motifs is 4. The molecule has 0 N–H and O–H groups in total. The Morgan fingerprint density at radius 1 is 0.909 bits per heavy atom. The predicted octanol–water partition coefficient (Wildman–Crippen LogP) is 4.29. The van der Waals surface area contributed by atoms with Crippen LogP contribution in [0.5, 0.6) is 0 Å². The van der Waals surface area contributed by atoms with Crippen LogP contribution in [0.25, 0.3) is 33.1 Å². The van der Waals surface area contributed by atoms with Crippen molar-refractivity contribution in [2.24, 2.45) is 7.05 Å². The molecule has 0 unspecified atom stereocenters. The second-order valence-electron chi connectivity index (χ2n) is 5.14. The van der Waals surface area contributed by atoms with E-state index in [1.54, 1.807) is 25.2 Å². The molecule has 0 saturated carbocycles. The number of rotatable bonds is 0. The zero-order valence-corrected chi connectivity index (χ0v) is 11.5. The number of para-hydroxylation sites is 3. The van der Waals surface area contributed by atoms with Crippen molar-refractivity contribution in [3.05, 3.63) is 48.0 Å². The van der Waals surface area contributed by atoms with Gasteiger partial charge in [-0.3, -0.25) is 0 Å². The van der Waals surface area contributed by atoms with Gasteiger partial charge in [-0.2, -0.15) is 13.2 Å². The van der Waals surface area contributed by atoms with Crippen molar-refractivity contribution >= 4 is 33.1 Å². The third-order valence-corrected chi connectivity index (χ3v) is 3.80. The lowest BCUT2D eigenvalue weighted by atomic mass is 10.1. The van der Waals surface area contributed by atoms with E-state index in [4.69, 9.17) is 0 Å². The van der Waals surface area contributed by atoms with E-state index in [-0.39, 0.29) is 5.52 Å². The zero-order chi connectivity index (χ0) is 15.5. The van der Waals surface area contributed by atoms with Crippen molar-refractivity contribution in [1.29, 1.82) is 0 Å². The molecule has 0 fully saturated rings. The van der Waals surface area contributed by atoms with Crippen LogP contribution in [-0.4, -0.2) is 14.5 Å². The lowest BCUT2D eigenvalue weighted by Crippen LogP contribution is -2.07. The van der Waals surface area contributed by atoms with E-state index in [0.29, 0.717) is 27.6 Å². The minimum absolute atomic E-state index is 0.111. The van der Waals surface area contributed by atoms with Crippen LogP contribution in [-0.2, 0) is 13.2 Å². The summed E-state index contributed by atoms with van der Waals surface area (Å²) < 4.78 is 41.2. The van der Waals surface area contributed by atoms with E-state index in [2.05, 4.69) is 9.97 Å². The average Bonchev–Trinajstić information content (AvgIpc) is 2.77. The monoisotopic (exact) mass is 301 g/mol. The molecule has 0 aliphatic rings. The van der Waals surface area contributed by atoms with E-state index in [0.717, 1.165) is 6.07 Å². The molecule has 110 valence electrons. The van der Waals surface area contributed by atoms with Gasteiger partial charge < -0.3 is 4.57 Å². The minimum Gasteiger partial charge on any atom is -0.326 e. The molecular weight excluding hydrogens is 291 g/mol. The average molecular weight is 301 g/mol. The van der Waals surface area contributed by atoms with Crippen LogP contribution in [0.2, 0.25) is 0 Å². The van der Waals surface area contributed by atoms with Crippen LogP contribution >= 0.6 is 0 Å². The fourth-order valence-corrected chi connectivity index (χ4v) is 2.84. The molecule has 0 bridgehead atoms. The van der Waals surface area contributed by atoms with Crippen molar-refractivity contribution in [3.8, 4) is 0 Å².